The Labute approximate surface area is 241 Å². The van der Waals surface area contributed by atoms with Gasteiger partial charge in [-0.05, 0) is 78.6 Å². The number of rotatable bonds is 12. The van der Waals surface area contributed by atoms with E-state index in [1.54, 1.807) is 36.4 Å². The van der Waals surface area contributed by atoms with E-state index >= 15 is 0 Å². The van der Waals surface area contributed by atoms with E-state index in [0.29, 0.717) is 36.0 Å². The molecule has 0 atom stereocenters. The zero-order valence-corrected chi connectivity index (χ0v) is 24.1. The second kappa shape index (κ2) is 13.6. The van der Waals surface area contributed by atoms with Crippen LogP contribution in [-0.4, -0.2) is 33.4 Å². The van der Waals surface area contributed by atoms with Gasteiger partial charge in [-0.1, -0.05) is 54.6 Å². The Morgan fingerprint density at radius 2 is 1.61 bits per heavy atom. The molecule has 0 heterocycles. The van der Waals surface area contributed by atoms with Crippen molar-refractivity contribution in [3.63, 3.8) is 0 Å². The number of carbonyl (C=O) groups is 1. The van der Waals surface area contributed by atoms with Gasteiger partial charge in [-0.2, -0.15) is 5.10 Å². The smallest absolute Gasteiger partial charge is 0.271 e. The van der Waals surface area contributed by atoms with Crippen LogP contribution in [0, 0.1) is 6.92 Å². The van der Waals surface area contributed by atoms with Crippen molar-refractivity contribution in [1.29, 1.82) is 0 Å². The summed E-state index contributed by atoms with van der Waals surface area (Å²) < 4.78 is 38.1. The highest BCUT2D eigenvalue weighted by Gasteiger charge is 2.19. The average molecular weight is 572 g/mol. The van der Waals surface area contributed by atoms with Crippen LogP contribution in [0.1, 0.15) is 39.5 Å². The molecule has 0 bridgehead atoms. The Hall–Kier alpha value is -4.63. The van der Waals surface area contributed by atoms with Crippen LogP contribution in [-0.2, 0) is 23.2 Å². The molecule has 0 unspecified atom stereocenters. The Balaban J connectivity index is 1.40. The Bertz CT molecular complexity index is 1600. The molecule has 9 heteroatoms. The maximum atomic E-state index is 12.7. The number of aryl methyl sites for hydroxylation is 1. The molecular weight excluding hydrogens is 538 g/mol. The summed E-state index contributed by atoms with van der Waals surface area (Å²) in [6.45, 7) is 4.91. The number of ether oxygens (including phenoxy) is 2. The molecule has 0 aliphatic carbocycles. The third-order valence-corrected chi connectivity index (χ3v) is 7.42. The highest BCUT2D eigenvalue weighted by atomic mass is 32.2. The minimum Gasteiger partial charge on any atom is -0.490 e. The molecule has 0 aromatic heterocycles. The fourth-order valence-electron chi connectivity index (χ4n) is 4.08. The van der Waals surface area contributed by atoms with E-state index in [9.17, 15) is 13.2 Å². The fourth-order valence-corrected chi connectivity index (χ4v) is 4.96. The topological polar surface area (TPSA) is 97.3 Å². The lowest BCUT2D eigenvalue weighted by Gasteiger charge is -2.23. The number of hydrazone groups is 1. The van der Waals surface area contributed by atoms with Crippen molar-refractivity contribution >= 4 is 27.8 Å². The SMILES string of the molecule is CCOc1cc(/C=N\NC(=O)c2ccc(N(Cc3ccccc3C)S(C)(=O)=O)cc2)ccc1OCc1ccccc1. The normalized spacial score (nSPS) is 11.3. The van der Waals surface area contributed by atoms with Crippen LogP contribution in [0.4, 0.5) is 5.69 Å². The summed E-state index contributed by atoms with van der Waals surface area (Å²) in [4.78, 5) is 12.7. The van der Waals surface area contributed by atoms with Crippen molar-refractivity contribution in [2.75, 3.05) is 17.2 Å². The minimum atomic E-state index is -3.55. The van der Waals surface area contributed by atoms with Gasteiger partial charge in [0.1, 0.15) is 6.61 Å². The number of anilines is 1. The summed E-state index contributed by atoms with van der Waals surface area (Å²) >= 11 is 0. The van der Waals surface area contributed by atoms with Crippen molar-refractivity contribution in [3.8, 4) is 11.5 Å². The van der Waals surface area contributed by atoms with Gasteiger partial charge < -0.3 is 9.47 Å². The van der Waals surface area contributed by atoms with Crippen LogP contribution in [0.25, 0.3) is 0 Å². The number of nitrogens with one attached hydrogen (secondary N) is 1. The minimum absolute atomic E-state index is 0.196. The molecule has 1 amide bonds. The summed E-state index contributed by atoms with van der Waals surface area (Å²) in [7, 11) is -3.55. The summed E-state index contributed by atoms with van der Waals surface area (Å²) in [5, 5.41) is 4.08. The van der Waals surface area contributed by atoms with Gasteiger partial charge in [-0.3, -0.25) is 9.10 Å². The first-order valence-electron chi connectivity index (χ1n) is 13.1. The summed E-state index contributed by atoms with van der Waals surface area (Å²) in [5.74, 6) is 0.767. The standard InChI is InChI=1S/C32H33N3O5S/c1-4-39-31-20-26(14-19-30(31)40-23-25-11-6-5-7-12-25)21-33-34-32(36)27-15-17-29(18-16-27)35(41(3,37)38)22-28-13-9-8-10-24(28)2/h5-21H,4,22-23H2,1-3H3,(H,34,36)/b33-21-. The molecule has 0 saturated carbocycles. The van der Waals surface area contributed by atoms with Gasteiger partial charge in [0, 0.05) is 5.56 Å². The number of hydrogen-bond donors (Lipinski definition) is 1. The summed E-state index contributed by atoms with van der Waals surface area (Å²) in [6.07, 6.45) is 2.68. The molecule has 4 aromatic rings. The maximum absolute atomic E-state index is 12.7. The van der Waals surface area contributed by atoms with E-state index in [2.05, 4.69) is 10.5 Å². The molecule has 0 radical (unpaired) electrons. The van der Waals surface area contributed by atoms with Gasteiger partial charge >= 0.3 is 0 Å². The zero-order valence-electron chi connectivity index (χ0n) is 23.3. The molecule has 0 aliphatic heterocycles. The molecule has 0 fully saturated rings. The van der Waals surface area contributed by atoms with Gasteiger partial charge in [0.15, 0.2) is 11.5 Å². The average Bonchev–Trinajstić information content (AvgIpc) is 2.96. The molecule has 0 saturated heterocycles. The lowest BCUT2D eigenvalue weighted by molar-refractivity contribution is 0.0955. The predicted octanol–water partition coefficient (Wildman–Crippen LogP) is 5.70. The first kappa shape index (κ1) is 29.4. The van der Waals surface area contributed by atoms with Gasteiger partial charge in [-0.25, -0.2) is 13.8 Å². The Morgan fingerprint density at radius 3 is 2.29 bits per heavy atom. The number of hydrogen-bond acceptors (Lipinski definition) is 6. The van der Waals surface area contributed by atoms with Crippen LogP contribution < -0.4 is 19.2 Å². The largest absolute Gasteiger partial charge is 0.490 e. The van der Waals surface area contributed by atoms with E-state index in [0.717, 1.165) is 22.3 Å². The fraction of sp³-hybridized carbons (Fsp3) is 0.188. The molecule has 0 spiro atoms. The number of amides is 1. The lowest BCUT2D eigenvalue weighted by Crippen LogP contribution is -2.29. The van der Waals surface area contributed by atoms with Crippen molar-refractivity contribution < 1.29 is 22.7 Å². The van der Waals surface area contributed by atoms with Crippen LogP contribution in [0.5, 0.6) is 11.5 Å². The van der Waals surface area contributed by atoms with Gasteiger partial charge in [0.05, 0.1) is 31.3 Å². The molecular formula is C32H33N3O5S. The molecule has 212 valence electrons. The molecule has 41 heavy (non-hydrogen) atoms. The van der Waals surface area contributed by atoms with E-state index in [1.165, 1.54) is 16.8 Å². The van der Waals surface area contributed by atoms with Crippen LogP contribution in [0.3, 0.4) is 0 Å². The maximum Gasteiger partial charge on any atom is 0.271 e. The first-order valence-corrected chi connectivity index (χ1v) is 15.0. The van der Waals surface area contributed by atoms with E-state index in [-0.39, 0.29) is 6.54 Å². The molecule has 4 rings (SSSR count). The molecule has 1 N–H and O–H groups in total. The van der Waals surface area contributed by atoms with Crippen LogP contribution >= 0.6 is 0 Å². The second-order valence-corrected chi connectivity index (χ2v) is 11.3. The summed E-state index contributed by atoms with van der Waals surface area (Å²) in [5.41, 5.74) is 6.99. The van der Waals surface area contributed by atoms with E-state index in [4.69, 9.17) is 9.47 Å². The summed E-state index contributed by atoms with van der Waals surface area (Å²) in [6, 6.07) is 29.3. The third kappa shape index (κ3) is 8.18. The van der Waals surface area contributed by atoms with Crippen molar-refractivity contribution in [2.24, 2.45) is 5.10 Å². The van der Waals surface area contributed by atoms with E-state index < -0.39 is 15.9 Å². The highest BCUT2D eigenvalue weighted by Crippen LogP contribution is 2.29. The zero-order chi connectivity index (χ0) is 29.2. The second-order valence-electron chi connectivity index (χ2n) is 9.36. The number of nitrogens with zero attached hydrogens (tertiary/aromatic N) is 2. The Morgan fingerprint density at radius 1 is 0.902 bits per heavy atom. The number of benzene rings is 4. The van der Waals surface area contributed by atoms with Crippen molar-refractivity contribution in [1.82, 2.24) is 5.43 Å². The predicted molar refractivity (Wildman–Crippen MR) is 162 cm³/mol. The van der Waals surface area contributed by atoms with Crippen LogP contribution in [0.15, 0.2) is 102 Å². The Kier molecular flexibility index (Phi) is 9.76. The van der Waals surface area contributed by atoms with Crippen molar-refractivity contribution in [3.05, 3.63) is 125 Å². The van der Waals surface area contributed by atoms with Gasteiger partial charge in [0.2, 0.25) is 10.0 Å². The van der Waals surface area contributed by atoms with E-state index in [1.807, 2.05) is 74.5 Å². The number of carbonyl (C=O) groups excluding carboxylic acids is 1. The monoisotopic (exact) mass is 571 g/mol. The molecule has 0 aliphatic rings. The highest BCUT2D eigenvalue weighted by molar-refractivity contribution is 7.92. The van der Waals surface area contributed by atoms with Crippen LogP contribution in [0.2, 0.25) is 0 Å². The molecule has 8 nitrogen and oxygen atoms in total. The lowest BCUT2D eigenvalue weighted by atomic mass is 10.1. The quantitative estimate of drug-likeness (QED) is 0.174. The van der Waals surface area contributed by atoms with Gasteiger partial charge in [0.25, 0.3) is 5.91 Å². The van der Waals surface area contributed by atoms with Crippen molar-refractivity contribution in [2.45, 2.75) is 27.0 Å². The first-order chi connectivity index (χ1) is 19.7. The third-order valence-electron chi connectivity index (χ3n) is 6.28. The number of sulfonamides is 1. The van der Waals surface area contributed by atoms with Gasteiger partial charge in [-0.15, -0.1) is 0 Å². The molecule has 4 aromatic carbocycles.